The third-order valence-corrected chi connectivity index (χ3v) is 3.53. The highest BCUT2D eigenvalue weighted by Crippen LogP contribution is 2.30. The molecular weight excluding hydrogens is 214 g/mol. The molecule has 0 bridgehead atoms. The molecule has 4 heteroatoms. The zero-order valence-electron chi connectivity index (χ0n) is 9.99. The lowest BCUT2D eigenvalue weighted by Gasteiger charge is -2.33. The summed E-state index contributed by atoms with van der Waals surface area (Å²) < 4.78 is 0. The van der Waals surface area contributed by atoms with E-state index in [0.717, 1.165) is 6.42 Å². The summed E-state index contributed by atoms with van der Waals surface area (Å²) in [6.07, 6.45) is 4.67. The number of aromatic nitrogens is 1. The van der Waals surface area contributed by atoms with Gasteiger partial charge in [0.05, 0.1) is 0 Å². The van der Waals surface area contributed by atoms with Crippen LogP contribution < -0.4 is 5.32 Å². The topological polar surface area (TPSA) is 68.7 Å². The maximum atomic E-state index is 11.9. The first kappa shape index (κ1) is 11.7. The van der Waals surface area contributed by atoms with Crippen molar-refractivity contribution in [3.05, 3.63) is 23.5 Å². The average molecular weight is 231 g/mol. The van der Waals surface area contributed by atoms with E-state index in [2.05, 4.69) is 17.2 Å². The Bertz CT molecular complexity index is 440. The molecule has 1 unspecified atom stereocenters. The van der Waals surface area contributed by atoms with Crippen molar-refractivity contribution in [3.63, 3.8) is 0 Å². The van der Waals surface area contributed by atoms with Gasteiger partial charge in [0, 0.05) is 6.04 Å². The van der Waals surface area contributed by atoms with Crippen molar-refractivity contribution in [3.8, 4) is 6.07 Å². The molecular formula is C13H17N3O. The molecule has 90 valence electrons. The third kappa shape index (κ3) is 2.50. The SMILES string of the molecule is CCC(NC(=O)c1ccc(C#N)[nH]1)C1CCC1. The fraction of sp³-hybridized carbons (Fsp3) is 0.538. The van der Waals surface area contributed by atoms with Crippen molar-refractivity contribution >= 4 is 5.91 Å². The summed E-state index contributed by atoms with van der Waals surface area (Å²) in [6.45, 7) is 2.10. The highest BCUT2D eigenvalue weighted by molar-refractivity contribution is 5.92. The predicted octanol–water partition coefficient (Wildman–Crippen LogP) is 2.19. The third-order valence-electron chi connectivity index (χ3n) is 3.53. The molecule has 1 aliphatic carbocycles. The van der Waals surface area contributed by atoms with E-state index in [-0.39, 0.29) is 11.9 Å². The predicted molar refractivity (Wildman–Crippen MR) is 64.4 cm³/mol. The van der Waals surface area contributed by atoms with Crippen LogP contribution in [-0.2, 0) is 0 Å². The van der Waals surface area contributed by atoms with Crippen LogP contribution in [0.5, 0.6) is 0 Å². The van der Waals surface area contributed by atoms with E-state index >= 15 is 0 Å². The summed E-state index contributed by atoms with van der Waals surface area (Å²) >= 11 is 0. The Morgan fingerprint density at radius 1 is 1.65 bits per heavy atom. The summed E-state index contributed by atoms with van der Waals surface area (Å²) in [7, 11) is 0. The van der Waals surface area contributed by atoms with E-state index in [1.54, 1.807) is 12.1 Å². The molecule has 1 heterocycles. The monoisotopic (exact) mass is 231 g/mol. The van der Waals surface area contributed by atoms with Gasteiger partial charge < -0.3 is 10.3 Å². The summed E-state index contributed by atoms with van der Waals surface area (Å²) in [5.74, 6) is 0.527. The van der Waals surface area contributed by atoms with Crippen LogP contribution in [0.4, 0.5) is 0 Å². The number of nitrogens with one attached hydrogen (secondary N) is 2. The van der Waals surface area contributed by atoms with Gasteiger partial charge in [0.15, 0.2) is 0 Å². The van der Waals surface area contributed by atoms with Crippen molar-refractivity contribution in [2.75, 3.05) is 0 Å². The number of rotatable bonds is 4. The molecule has 0 aliphatic heterocycles. The van der Waals surface area contributed by atoms with Crippen molar-refractivity contribution in [2.45, 2.75) is 38.6 Å². The van der Waals surface area contributed by atoms with Gasteiger partial charge in [0.2, 0.25) is 0 Å². The summed E-state index contributed by atoms with van der Waals surface area (Å²) in [5.41, 5.74) is 0.895. The Hall–Kier alpha value is -1.76. The van der Waals surface area contributed by atoms with Crippen LogP contribution in [0.3, 0.4) is 0 Å². The zero-order valence-corrected chi connectivity index (χ0v) is 9.99. The van der Waals surface area contributed by atoms with Gasteiger partial charge in [-0.3, -0.25) is 4.79 Å². The Balaban J connectivity index is 1.97. The number of aromatic amines is 1. The first-order valence-corrected chi connectivity index (χ1v) is 6.14. The molecule has 0 spiro atoms. The number of nitriles is 1. The van der Waals surface area contributed by atoms with Gasteiger partial charge >= 0.3 is 0 Å². The number of H-pyrrole nitrogens is 1. The van der Waals surface area contributed by atoms with Gasteiger partial charge in [-0.25, -0.2) is 0 Å². The molecule has 4 nitrogen and oxygen atoms in total. The smallest absolute Gasteiger partial charge is 0.267 e. The number of carbonyl (C=O) groups excluding carboxylic acids is 1. The van der Waals surface area contributed by atoms with E-state index in [1.165, 1.54) is 19.3 Å². The largest absolute Gasteiger partial charge is 0.348 e. The Kier molecular flexibility index (Phi) is 3.48. The molecule has 1 atom stereocenters. The van der Waals surface area contributed by atoms with Crippen LogP contribution in [0, 0.1) is 17.2 Å². The Labute approximate surface area is 101 Å². The van der Waals surface area contributed by atoms with Gasteiger partial charge in [-0.1, -0.05) is 13.3 Å². The first-order chi connectivity index (χ1) is 8.24. The van der Waals surface area contributed by atoms with E-state index in [0.29, 0.717) is 17.3 Å². The fourth-order valence-corrected chi connectivity index (χ4v) is 2.23. The lowest BCUT2D eigenvalue weighted by Crippen LogP contribution is -2.42. The van der Waals surface area contributed by atoms with E-state index in [9.17, 15) is 4.79 Å². The number of carbonyl (C=O) groups is 1. The highest BCUT2D eigenvalue weighted by Gasteiger charge is 2.27. The molecule has 0 aromatic carbocycles. The minimum Gasteiger partial charge on any atom is -0.348 e. The molecule has 1 saturated carbocycles. The van der Waals surface area contributed by atoms with Crippen molar-refractivity contribution < 1.29 is 4.79 Å². The molecule has 1 amide bonds. The molecule has 17 heavy (non-hydrogen) atoms. The van der Waals surface area contributed by atoms with Gasteiger partial charge in [-0.05, 0) is 37.3 Å². The van der Waals surface area contributed by atoms with E-state index in [1.807, 2.05) is 6.07 Å². The minimum atomic E-state index is -0.106. The Morgan fingerprint density at radius 3 is 2.88 bits per heavy atom. The van der Waals surface area contributed by atoms with Crippen LogP contribution in [0.25, 0.3) is 0 Å². The first-order valence-electron chi connectivity index (χ1n) is 6.14. The molecule has 1 aromatic heterocycles. The van der Waals surface area contributed by atoms with Crippen LogP contribution in [0.1, 0.15) is 48.8 Å². The van der Waals surface area contributed by atoms with Crippen molar-refractivity contribution in [1.82, 2.24) is 10.3 Å². The second-order valence-corrected chi connectivity index (χ2v) is 4.58. The zero-order chi connectivity index (χ0) is 12.3. The maximum Gasteiger partial charge on any atom is 0.267 e. The van der Waals surface area contributed by atoms with Gasteiger partial charge in [0.1, 0.15) is 17.5 Å². The standard InChI is InChI=1S/C13H17N3O/c1-2-11(9-4-3-5-9)16-13(17)12-7-6-10(8-14)15-12/h6-7,9,11,15H,2-5H2,1H3,(H,16,17). The highest BCUT2D eigenvalue weighted by atomic mass is 16.1. The van der Waals surface area contributed by atoms with E-state index in [4.69, 9.17) is 5.26 Å². The molecule has 2 N–H and O–H groups in total. The molecule has 0 saturated heterocycles. The second-order valence-electron chi connectivity index (χ2n) is 4.58. The lowest BCUT2D eigenvalue weighted by atomic mass is 9.79. The van der Waals surface area contributed by atoms with Crippen LogP contribution in [-0.4, -0.2) is 16.9 Å². The molecule has 1 fully saturated rings. The molecule has 2 rings (SSSR count). The van der Waals surface area contributed by atoms with Crippen LogP contribution in [0.2, 0.25) is 0 Å². The van der Waals surface area contributed by atoms with Gasteiger partial charge in [-0.15, -0.1) is 0 Å². The summed E-state index contributed by atoms with van der Waals surface area (Å²) in [4.78, 5) is 14.7. The van der Waals surface area contributed by atoms with Crippen LogP contribution in [0.15, 0.2) is 12.1 Å². The number of hydrogen-bond acceptors (Lipinski definition) is 2. The van der Waals surface area contributed by atoms with Gasteiger partial charge in [0.25, 0.3) is 5.91 Å². The second kappa shape index (κ2) is 5.05. The van der Waals surface area contributed by atoms with E-state index < -0.39 is 0 Å². The Morgan fingerprint density at radius 2 is 2.41 bits per heavy atom. The van der Waals surface area contributed by atoms with Crippen molar-refractivity contribution in [2.24, 2.45) is 5.92 Å². The normalized spacial score (nSPS) is 16.9. The van der Waals surface area contributed by atoms with Gasteiger partial charge in [-0.2, -0.15) is 5.26 Å². The minimum absolute atomic E-state index is 0.106. The van der Waals surface area contributed by atoms with Crippen LogP contribution >= 0.6 is 0 Å². The quantitative estimate of drug-likeness (QED) is 0.834. The number of hydrogen-bond donors (Lipinski definition) is 2. The molecule has 1 aliphatic rings. The molecule has 1 aromatic rings. The van der Waals surface area contributed by atoms with Crippen molar-refractivity contribution in [1.29, 1.82) is 5.26 Å². The number of nitrogens with zero attached hydrogens (tertiary/aromatic N) is 1. The lowest BCUT2D eigenvalue weighted by molar-refractivity contribution is 0.0894. The summed E-state index contributed by atoms with van der Waals surface area (Å²) in [5, 5.41) is 11.7. The average Bonchev–Trinajstić information content (AvgIpc) is 2.74. The number of amides is 1. The maximum absolute atomic E-state index is 11.9. The summed E-state index contributed by atoms with van der Waals surface area (Å²) in [6, 6.07) is 5.53. The fourth-order valence-electron chi connectivity index (χ4n) is 2.23. The molecule has 0 radical (unpaired) electrons.